The Morgan fingerprint density at radius 2 is 0.286 bits per heavy atom. The minimum absolute atomic E-state index is 0. The molecule has 0 saturated heterocycles. The molecule has 0 nitrogen and oxygen atoms in total. The maximum Gasteiger partial charge on any atom is 2.00 e. The second-order valence-electron chi connectivity index (χ2n) is 6.25. The largest absolute Gasteiger partial charge is 2.00 e. The summed E-state index contributed by atoms with van der Waals surface area (Å²) in [6, 6.07) is 0. The van der Waals surface area contributed by atoms with Crippen molar-refractivity contribution < 1.29 is 26.2 Å². The Hall–Kier alpha value is 0.883. The Morgan fingerprint density at radius 3 is 0.333 bits per heavy atom. The Labute approximate surface area is 154 Å². The van der Waals surface area contributed by atoms with Crippen LogP contribution in [0.3, 0.4) is 0 Å². The topological polar surface area (TPSA) is 0 Å². The van der Waals surface area contributed by atoms with Gasteiger partial charge in [-0.2, -0.15) is 0 Å². The molecule has 0 aliphatic heterocycles. The van der Waals surface area contributed by atoms with Gasteiger partial charge in [-0.25, -0.2) is 0 Å². The van der Waals surface area contributed by atoms with Crippen molar-refractivity contribution in [3.8, 4) is 0 Å². The molecule has 2 aliphatic rings. The SMILES string of the molecule is C[C]1[C](C)[C](C)[C](C)[C]1C.C[C]1[C](C)[C](C)[C](C)[C]1C.[Zr+2]. The first kappa shape index (κ1) is 21.9. The molecular formula is C20H30Zr+2. The molecule has 2 saturated carbocycles. The Bertz CT molecular complexity index is 181. The smallest absolute Gasteiger partial charge is 0.0579 e. The van der Waals surface area contributed by atoms with Gasteiger partial charge in [-0.3, -0.25) is 0 Å². The van der Waals surface area contributed by atoms with Crippen molar-refractivity contribution in [2.24, 2.45) is 0 Å². The first-order valence-corrected chi connectivity index (χ1v) is 7.50. The maximum absolute atomic E-state index is 2.20. The van der Waals surface area contributed by atoms with Crippen LogP contribution in [0.15, 0.2) is 0 Å². The molecule has 0 atom stereocenters. The summed E-state index contributed by atoms with van der Waals surface area (Å²) in [4.78, 5) is 0. The van der Waals surface area contributed by atoms with Gasteiger partial charge in [-0.15, -0.1) is 0 Å². The fraction of sp³-hybridized carbons (Fsp3) is 0.500. The summed E-state index contributed by atoms with van der Waals surface area (Å²) in [5.74, 6) is 14.7. The van der Waals surface area contributed by atoms with Crippen LogP contribution in [-0.2, 0) is 26.2 Å². The Morgan fingerprint density at radius 1 is 0.238 bits per heavy atom. The van der Waals surface area contributed by atoms with Gasteiger partial charge in [0.05, 0.1) is 0 Å². The van der Waals surface area contributed by atoms with Crippen molar-refractivity contribution in [3.05, 3.63) is 59.2 Å². The maximum atomic E-state index is 2.20. The second-order valence-corrected chi connectivity index (χ2v) is 6.25. The zero-order chi connectivity index (χ0) is 15.8. The van der Waals surface area contributed by atoms with E-state index in [0.29, 0.717) is 0 Å². The third-order valence-corrected chi connectivity index (χ3v) is 5.62. The molecule has 2 fully saturated rings. The zero-order valence-corrected chi connectivity index (χ0v) is 18.0. The minimum atomic E-state index is 0. The van der Waals surface area contributed by atoms with Crippen molar-refractivity contribution in [3.63, 3.8) is 0 Å². The molecule has 10 radical (unpaired) electrons. The minimum Gasteiger partial charge on any atom is -0.0579 e. The van der Waals surface area contributed by atoms with Crippen LogP contribution in [0.4, 0.5) is 0 Å². The monoisotopic (exact) mass is 360 g/mol. The van der Waals surface area contributed by atoms with Gasteiger partial charge in [0.15, 0.2) is 0 Å². The van der Waals surface area contributed by atoms with Crippen LogP contribution in [-0.4, -0.2) is 0 Å². The second kappa shape index (κ2) is 8.66. The van der Waals surface area contributed by atoms with E-state index in [1.54, 1.807) is 0 Å². The molecule has 2 aliphatic carbocycles. The van der Waals surface area contributed by atoms with Crippen LogP contribution in [0.25, 0.3) is 0 Å². The van der Waals surface area contributed by atoms with Crippen LogP contribution in [0.5, 0.6) is 0 Å². The average molecular weight is 362 g/mol. The third-order valence-electron chi connectivity index (χ3n) is 5.62. The fourth-order valence-corrected chi connectivity index (χ4v) is 2.81. The van der Waals surface area contributed by atoms with Crippen molar-refractivity contribution in [1.29, 1.82) is 0 Å². The van der Waals surface area contributed by atoms with Crippen LogP contribution >= 0.6 is 0 Å². The fourth-order valence-electron chi connectivity index (χ4n) is 2.81. The van der Waals surface area contributed by atoms with Crippen molar-refractivity contribution >= 4 is 0 Å². The molecule has 112 valence electrons. The van der Waals surface area contributed by atoms with E-state index in [0.717, 1.165) is 0 Å². The van der Waals surface area contributed by atoms with Crippen LogP contribution < -0.4 is 0 Å². The number of rotatable bonds is 0. The van der Waals surface area contributed by atoms with Gasteiger partial charge < -0.3 is 0 Å². The third kappa shape index (κ3) is 4.46. The standard InChI is InChI=1S/2C10H15.Zr/c2*1-6-7(2)9(4)10(5)8(6)3;/h2*1-5H3;/q;;+2. The van der Waals surface area contributed by atoms with E-state index in [4.69, 9.17) is 0 Å². The summed E-state index contributed by atoms with van der Waals surface area (Å²) in [5, 5.41) is 0. The van der Waals surface area contributed by atoms with Gasteiger partial charge in [-0.05, 0) is 59.2 Å². The molecule has 21 heavy (non-hydrogen) atoms. The molecule has 1 heteroatoms. The van der Waals surface area contributed by atoms with Gasteiger partial charge >= 0.3 is 26.2 Å². The predicted octanol–water partition coefficient (Wildman–Crippen LogP) is 5.94. The summed E-state index contributed by atoms with van der Waals surface area (Å²) >= 11 is 0. The first-order valence-electron chi connectivity index (χ1n) is 7.50. The van der Waals surface area contributed by atoms with E-state index < -0.39 is 0 Å². The summed E-state index contributed by atoms with van der Waals surface area (Å²) in [5.41, 5.74) is 0. The first-order chi connectivity index (χ1) is 9.11. The van der Waals surface area contributed by atoms with Gasteiger partial charge in [0.2, 0.25) is 0 Å². The average Bonchev–Trinajstić information content (AvgIpc) is 2.71. The molecule has 0 bridgehead atoms. The van der Waals surface area contributed by atoms with Crippen molar-refractivity contribution in [2.45, 2.75) is 69.2 Å². The Balaban J connectivity index is 0.000000364. The number of hydrogen-bond acceptors (Lipinski definition) is 0. The molecule has 0 heterocycles. The van der Waals surface area contributed by atoms with Gasteiger partial charge in [0.1, 0.15) is 0 Å². The van der Waals surface area contributed by atoms with Crippen LogP contribution in [0.2, 0.25) is 0 Å². The molecule has 0 aromatic rings. The molecule has 0 aromatic heterocycles. The molecular weight excluding hydrogens is 331 g/mol. The van der Waals surface area contributed by atoms with Crippen molar-refractivity contribution in [2.75, 3.05) is 0 Å². The molecule has 0 N–H and O–H groups in total. The summed E-state index contributed by atoms with van der Waals surface area (Å²) in [6.07, 6.45) is 0. The Kier molecular flexibility index (Phi) is 9.02. The summed E-state index contributed by atoms with van der Waals surface area (Å²) in [7, 11) is 0. The van der Waals surface area contributed by atoms with Crippen molar-refractivity contribution in [1.82, 2.24) is 0 Å². The quantitative estimate of drug-likeness (QED) is 0.501. The van der Waals surface area contributed by atoms with Crippen LogP contribution in [0, 0.1) is 59.2 Å². The van der Waals surface area contributed by atoms with E-state index in [-0.39, 0.29) is 26.2 Å². The molecule has 2 rings (SSSR count). The summed E-state index contributed by atoms with van der Waals surface area (Å²) in [6.45, 7) is 22.0. The van der Waals surface area contributed by atoms with Gasteiger partial charge in [-0.1, -0.05) is 69.2 Å². The molecule has 0 aromatic carbocycles. The van der Waals surface area contributed by atoms with Gasteiger partial charge in [0.25, 0.3) is 0 Å². The van der Waals surface area contributed by atoms with Gasteiger partial charge in [0, 0.05) is 0 Å². The van der Waals surface area contributed by atoms with Crippen LogP contribution in [0.1, 0.15) is 69.2 Å². The van der Waals surface area contributed by atoms with E-state index >= 15 is 0 Å². The van der Waals surface area contributed by atoms with E-state index in [1.807, 2.05) is 0 Å². The number of hydrogen-bond donors (Lipinski definition) is 0. The van der Waals surface area contributed by atoms with E-state index in [1.165, 1.54) is 59.2 Å². The molecule has 0 spiro atoms. The molecule has 0 unspecified atom stereocenters. The molecule has 0 amide bonds. The normalized spacial score (nSPS) is 27.1. The summed E-state index contributed by atoms with van der Waals surface area (Å²) < 4.78 is 0. The van der Waals surface area contributed by atoms with E-state index in [2.05, 4.69) is 69.2 Å². The predicted molar refractivity (Wildman–Crippen MR) is 89.2 cm³/mol. The van der Waals surface area contributed by atoms with E-state index in [9.17, 15) is 0 Å². The zero-order valence-electron chi connectivity index (χ0n) is 15.5.